The third-order valence-corrected chi connectivity index (χ3v) is 10.5. The van der Waals surface area contributed by atoms with E-state index in [1.165, 1.54) is 44.1 Å². The van der Waals surface area contributed by atoms with Crippen molar-refractivity contribution in [1.29, 1.82) is 0 Å². The van der Waals surface area contributed by atoms with Gasteiger partial charge in [-0.3, -0.25) is 0 Å². The van der Waals surface area contributed by atoms with E-state index in [1.54, 1.807) is 0 Å². The van der Waals surface area contributed by atoms with Crippen LogP contribution in [0.25, 0.3) is 88.9 Å². The van der Waals surface area contributed by atoms with Crippen LogP contribution in [0.5, 0.6) is 0 Å². The lowest BCUT2D eigenvalue weighted by Crippen LogP contribution is -2.03. The van der Waals surface area contributed by atoms with Crippen LogP contribution in [0.2, 0.25) is 0 Å². The summed E-state index contributed by atoms with van der Waals surface area (Å²) in [6.07, 6.45) is 9.47. The molecule has 3 heterocycles. The van der Waals surface area contributed by atoms with Gasteiger partial charge < -0.3 is 8.98 Å². The molecule has 3 aromatic heterocycles. The number of fused-ring (bicyclic) bond motifs is 9. The van der Waals surface area contributed by atoms with Gasteiger partial charge in [-0.15, -0.1) is 0 Å². The summed E-state index contributed by atoms with van der Waals surface area (Å²) in [7, 11) is 0. The maximum absolute atomic E-state index is 6.52. The Labute approximate surface area is 293 Å². The molecule has 0 radical (unpaired) electrons. The molecule has 0 atom stereocenters. The van der Waals surface area contributed by atoms with Crippen molar-refractivity contribution in [1.82, 2.24) is 19.5 Å². The first-order chi connectivity index (χ1) is 25.2. The van der Waals surface area contributed by atoms with Gasteiger partial charge in [-0.1, -0.05) is 97.1 Å². The first-order valence-electron chi connectivity index (χ1n) is 17.6. The second-order valence-corrected chi connectivity index (χ2v) is 13.5. The molecule has 9 aromatic rings. The molecule has 240 valence electrons. The van der Waals surface area contributed by atoms with Gasteiger partial charge in [0.1, 0.15) is 11.2 Å². The zero-order valence-corrected chi connectivity index (χ0v) is 27.7. The molecule has 51 heavy (non-hydrogen) atoms. The van der Waals surface area contributed by atoms with Crippen LogP contribution in [0, 0.1) is 0 Å². The molecule has 0 N–H and O–H groups in total. The van der Waals surface area contributed by atoms with Crippen LogP contribution < -0.4 is 0 Å². The maximum Gasteiger partial charge on any atom is 0.164 e. The third kappa shape index (κ3) is 4.44. The van der Waals surface area contributed by atoms with Crippen LogP contribution in [0.4, 0.5) is 0 Å². The van der Waals surface area contributed by atoms with Gasteiger partial charge in [0.25, 0.3) is 0 Å². The Morgan fingerprint density at radius 3 is 2.24 bits per heavy atom. The molecule has 2 aliphatic rings. The van der Waals surface area contributed by atoms with Crippen LogP contribution in [0.15, 0.2) is 150 Å². The summed E-state index contributed by atoms with van der Waals surface area (Å²) >= 11 is 0. The van der Waals surface area contributed by atoms with E-state index in [4.69, 9.17) is 19.4 Å². The SMILES string of the molecule is C1=CC(c2nc(-c3ccccc3)nc(-c3ccc4c(c3)oc3ccc(-n5c6ccccc6c6cc7c(cc65)Cc5ccccc5-7)cc34)n2)=CCC1. The van der Waals surface area contributed by atoms with Gasteiger partial charge in [0.2, 0.25) is 0 Å². The summed E-state index contributed by atoms with van der Waals surface area (Å²) < 4.78 is 8.93. The van der Waals surface area contributed by atoms with Crippen molar-refractivity contribution in [2.24, 2.45) is 0 Å². The van der Waals surface area contributed by atoms with Gasteiger partial charge in [0.05, 0.1) is 11.0 Å². The zero-order valence-electron chi connectivity index (χ0n) is 27.7. The van der Waals surface area contributed by atoms with Gasteiger partial charge in [-0.05, 0) is 90.0 Å². The number of aromatic nitrogens is 4. The monoisotopic (exact) mass is 654 g/mol. The molecule has 2 aliphatic carbocycles. The largest absolute Gasteiger partial charge is 0.456 e. The molecule has 5 heteroatoms. The number of hydrogen-bond donors (Lipinski definition) is 0. The first kappa shape index (κ1) is 28.3. The second-order valence-electron chi connectivity index (χ2n) is 13.5. The van der Waals surface area contributed by atoms with Gasteiger partial charge in [0, 0.05) is 43.9 Å². The number of rotatable bonds is 4. The van der Waals surface area contributed by atoms with E-state index in [9.17, 15) is 0 Å². The standard InChI is InChI=1S/C46H30N4O/c1-3-11-28(12-4-1)44-47-45(29-13-5-2-6-14-29)49-46(48-44)31-19-21-36-39-26-33(20-22-42(39)51-43(36)25-31)50-40-18-10-9-17-35(40)38-27-37-32(24-41(38)50)23-30-15-7-8-16-34(30)37/h1,3-5,7-22,24-27H,2,6,23H2. The molecule has 5 nitrogen and oxygen atoms in total. The predicted octanol–water partition coefficient (Wildman–Crippen LogP) is 11.5. The quantitative estimate of drug-likeness (QED) is 0.189. The summed E-state index contributed by atoms with van der Waals surface area (Å²) in [4.78, 5) is 14.8. The number of benzene rings is 6. The lowest BCUT2D eigenvalue weighted by atomic mass is 10.0. The van der Waals surface area contributed by atoms with Crippen LogP contribution in [0.1, 0.15) is 29.8 Å². The van der Waals surface area contributed by atoms with Crippen LogP contribution in [-0.4, -0.2) is 19.5 Å². The van der Waals surface area contributed by atoms with E-state index in [2.05, 4.69) is 120 Å². The van der Waals surface area contributed by atoms with Crippen molar-refractivity contribution in [3.63, 3.8) is 0 Å². The minimum atomic E-state index is 0.627. The lowest BCUT2D eigenvalue weighted by molar-refractivity contribution is 0.669. The van der Waals surface area contributed by atoms with E-state index < -0.39 is 0 Å². The number of allylic oxidation sites excluding steroid dienone is 4. The van der Waals surface area contributed by atoms with Crippen molar-refractivity contribution in [2.75, 3.05) is 0 Å². The molecule has 0 saturated heterocycles. The summed E-state index contributed by atoms with van der Waals surface area (Å²) in [6, 6.07) is 45.3. The van der Waals surface area contributed by atoms with Crippen LogP contribution in [-0.2, 0) is 6.42 Å². The highest BCUT2D eigenvalue weighted by Crippen LogP contribution is 2.43. The van der Waals surface area contributed by atoms with E-state index in [0.717, 1.165) is 63.6 Å². The summed E-state index contributed by atoms with van der Waals surface area (Å²) in [5.41, 5.74) is 13.5. The Kier molecular flexibility index (Phi) is 6.07. The fourth-order valence-corrected chi connectivity index (χ4v) is 8.05. The van der Waals surface area contributed by atoms with Crippen molar-refractivity contribution in [3.05, 3.63) is 163 Å². The fraction of sp³-hybridized carbons (Fsp3) is 0.0652. The average molecular weight is 655 g/mol. The van der Waals surface area contributed by atoms with Gasteiger partial charge in [-0.2, -0.15) is 0 Å². The summed E-state index contributed by atoms with van der Waals surface area (Å²) in [6.45, 7) is 0. The average Bonchev–Trinajstić information content (AvgIpc) is 3.86. The molecule has 0 amide bonds. The molecule has 0 fully saturated rings. The molecule has 0 aliphatic heterocycles. The number of furan rings is 1. The Morgan fingerprint density at radius 2 is 1.33 bits per heavy atom. The number of nitrogens with zero attached hydrogens (tertiary/aromatic N) is 4. The third-order valence-electron chi connectivity index (χ3n) is 10.5. The van der Waals surface area contributed by atoms with Gasteiger partial charge in [0.15, 0.2) is 17.5 Å². The molecular formula is C46H30N4O. The second kappa shape index (κ2) is 11.0. The molecule has 0 saturated carbocycles. The molecule has 0 bridgehead atoms. The highest BCUT2D eigenvalue weighted by atomic mass is 16.3. The van der Waals surface area contributed by atoms with E-state index in [-0.39, 0.29) is 0 Å². The Hall–Kier alpha value is -6.59. The fourth-order valence-electron chi connectivity index (χ4n) is 8.05. The first-order valence-corrected chi connectivity index (χ1v) is 17.6. The van der Waals surface area contributed by atoms with Crippen molar-refractivity contribution in [3.8, 4) is 39.6 Å². The highest BCUT2D eigenvalue weighted by Gasteiger charge is 2.22. The normalized spacial score (nSPS) is 13.7. The molecule has 0 spiro atoms. The predicted molar refractivity (Wildman–Crippen MR) is 207 cm³/mol. The molecule has 6 aromatic carbocycles. The van der Waals surface area contributed by atoms with Crippen LogP contribution in [0.3, 0.4) is 0 Å². The maximum atomic E-state index is 6.52. The Balaban J connectivity index is 1.05. The summed E-state index contributed by atoms with van der Waals surface area (Å²) in [5.74, 6) is 1.97. The zero-order chi connectivity index (χ0) is 33.5. The topological polar surface area (TPSA) is 56.7 Å². The highest BCUT2D eigenvalue weighted by molar-refractivity contribution is 6.12. The van der Waals surface area contributed by atoms with Crippen molar-refractivity contribution < 1.29 is 4.42 Å². The van der Waals surface area contributed by atoms with Gasteiger partial charge in [-0.25, -0.2) is 15.0 Å². The summed E-state index contributed by atoms with van der Waals surface area (Å²) in [5, 5.41) is 4.66. The van der Waals surface area contributed by atoms with Gasteiger partial charge >= 0.3 is 0 Å². The minimum absolute atomic E-state index is 0.627. The van der Waals surface area contributed by atoms with Crippen LogP contribution >= 0.6 is 0 Å². The molecule has 11 rings (SSSR count). The lowest BCUT2D eigenvalue weighted by Gasteiger charge is -2.10. The molecular weight excluding hydrogens is 625 g/mol. The van der Waals surface area contributed by atoms with E-state index >= 15 is 0 Å². The van der Waals surface area contributed by atoms with Crippen molar-refractivity contribution >= 4 is 49.3 Å². The van der Waals surface area contributed by atoms with E-state index in [1.807, 2.05) is 30.3 Å². The molecule has 0 unspecified atom stereocenters. The van der Waals surface area contributed by atoms with Crippen molar-refractivity contribution in [2.45, 2.75) is 19.3 Å². The minimum Gasteiger partial charge on any atom is -0.456 e. The smallest absolute Gasteiger partial charge is 0.164 e. The number of hydrogen-bond acceptors (Lipinski definition) is 4. The Bertz CT molecular complexity index is 2950. The van der Waals surface area contributed by atoms with E-state index in [0.29, 0.717) is 17.5 Å². The Morgan fingerprint density at radius 1 is 0.510 bits per heavy atom. The number of para-hydroxylation sites is 1.